The molecule has 98 valence electrons. The van der Waals surface area contributed by atoms with Crippen LogP contribution in [0, 0.1) is 0 Å². The van der Waals surface area contributed by atoms with Crippen LogP contribution in [0.1, 0.15) is 26.3 Å². The van der Waals surface area contributed by atoms with Gasteiger partial charge in [0.25, 0.3) is 0 Å². The second kappa shape index (κ2) is 5.68. The van der Waals surface area contributed by atoms with Gasteiger partial charge in [-0.2, -0.15) is 0 Å². The van der Waals surface area contributed by atoms with Gasteiger partial charge >= 0.3 is 6.09 Å². The Balaban J connectivity index is 2.59. The van der Waals surface area contributed by atoms with Crippen molar-refractivity contribution >= 4 is 34.4 Å². The first-order chi connectivity index (χ1) is 8.26. The van der Waals surface area contributed by atoms with Crippen molar-refractivity contribution in [1.29, 1.82) is 0 Å². The number of anilines is 1. The second-order valence-electron chi connectivity index (χ2n) is 4.61. The second-order valence-corrected chi connectivity index (χ2v) is 5.52. The largest absolute Gasteiger partial charge is 0.444 e. The molecular weight excluding hydrogens is 252 g/mol. The molecule has 0 saturated carbocycles. The number of carbonyl (C=O) groups excluding carboxylic acids is 2. The molecule has 0 atom stereocenters. The van der Waals surface area contributed by atoms with Gasteiger partial charge in [0.15, 0.2) is 0 Å². The Bertz CT molecular complexity index is 472. The highest BCUT2D eigenvalue weighted by Crippen LogP contribution is 2.22. The number of hydrogen-bond donors (Lipinski definition) is 2. The molecule has 1 rings (SSSR count). The summed E-state index contributed by atoms with van der Waals surface area (Å²) in [6.45, 7) is 5.38. The summed E-state index contributed by atoms with van der Waals surface area (Å²) in [7, 11) is 0. The highest BCUT2D eigenvalue weighted by molar-refractivity contribution is 7.14. The quantitative estimate of drug-likeness (QED) is 0.827. The van der Waals surface area contributed by atoms with Crippen LogP contribution in [0.15, 0.2) is 17.5 Å². The fourth-order valence-electron chi connectivity index (χ4n) is 1.09. The summed E-state index contributed by atoms with van der Waals surface area (Å²) in [5, 5.41) is 5.06. The van der Waals surface area contributed by atoms with E-state index in [4.69, 9.17) is 10.5 Å². The molecule has 0 aromatic carbocycles. The van der Waals surface area contributed by atoms with Crippen molar-refractivity contribution in [2.24, 2.45) is 5.73 Å². The van der Waals surface area contributed by atoms with E-state index in [1.54, 1.807) is 38.3 Å². The molecule has 1 aromatic rings. The number of rotatable bonds is 3. The van der Waals surface area contributed by atoms with E-state index >= 15 is 0 Å². The smallest absolute Gasteiger partial charge is 0.412 e. The van der Waals surface area contributed by atoms with Crippen LogP contribution in [0.25, 0.3) is 6.08 Å². The van der Waals surface area contributed by atoms with E-state index in [2.05, 4.69) is 5.32 Å². The lowest BCUT2D eigenvalue weighted by molar-refractivity contribution is -0.113. The van der Waals surface area contributed by atoms with E-state index in [9.17, 15) is 9.59 Å². The average molecular weight is 268 g/mol. The molecular formula is C12H16N2O3S. The Labute approximate surface area is 110 Å². The van der Waals surface area contributed by atoms with E-state index < -0.39 is 17.6 Å². The van der Waals surface area contributed by atoms with Crippen LogP contribution in [0.5, 0.6) is 0 Å². The summed E-state index contributed by atoms with van der Waals surface area (Å²) >= 11 is 1.34. The van der Waals surface area contributed by atoms with Crippen LogP contribution in [0.2, 0.25) is 0 Å². The molecule has 0 unspecified atom stereocenters. The van der Waals surface area contributed by atoms with Crippen LogP contribution in [-0.2, 0) is 9.53 Å². The van der Waals surface area contributed by atoms with Gasteiger partial charge in [-0.15, -0.1) is 11.3 Å². The summed E-state index contributed by atoms with van der Waals surface area (Å²) in [5.41, 5.74) is 5.25. The van der Waals surface area contributed by atoms with Gasteiger partial charge in [0.05, 0.1) is 5.00 Å². The monoisotopic (exact) mass is 268 g/mol. The predicted molar refractivity (Wildman–Crippen MR) is 72.4 cm³/mol. The van der Waals surface area contributed by atoms with Crippen LogP contribution >= 0.6 is 11.3 Å². The van der Waals surface area contributed by atoms with Crippen molar-refractivity contribution in [3.63, 3.8) is 0 Å². The first-order valence-corrected chi connectivity index (χ1v) is 6.20. The first-order valence-electron chi connectivity index (χ1n) is 5.32. The number of hydrogen-bond acceptors (Lipinski definition) is 4. The fraction of sp³-hybridized carbons (Fsp3) is 0.333. The Hall–Kier alpha value is -1.82. The maximum absolute atomic E-state index is 11.5. The molecule has 0 radical (unpaired) electrons. The average Bonchev–Trinajstić information content (AvgIpc) is 2.59. The third-order valence-electron chi connectivity index (χ3n) is 1.68. The normalized spacial score (nSPS) is 11.5. The van der Waals surface area contributed by atoms with E-state index in [-0.39, 0.29) is 0 Å². The molecule has 1 heterocycles. The van der Waals surface area contributed by atoms with Crippen LogP contribution < -0.4 is 11.1 Å². The predicted octanol–water partition coefficient (Wildman–Crippen LogP) is 2.59. The summed E-state index contributed by atoms with van der Waals surface area (Å²) < 4.78 is 5.11. The van der Waals surface area contributed by atoms with E-state index in [0.717, 1.165) is 5.56 Å². The van der Waals surface area contributed by atoms with Gasteiger partial charge < -0.3 is 10.5 Å². The van der Waals surface area contributed by atoms with Crippen molar-refractivity contribution < 1.29 is 14.3 Å². The van der Waals surface area contributed by atoms with Gasteiger partial charge in [-0.05, 0) is 38.5 Å². The van der Waals surface area contributed by atoms with Crippen molar-refractivity contribution in [1.82, 2.24) is 0 Å². The zero-order valence-corrected chi connectivity index (χ0v) is 11.3. The molecule has 2 amide bonds. The van der Waals surface area contributed by atoms with Gasteiger partial charge in [0.2, 0.25) is 5.91 Å². The molecule has 0 fully saturated rings. The lowest BCUT2D eigenvalue weighted by Crippen LogP contribution is -2.26. The molecule has 0 spiro atoms. The highest BCUT2D eigenvalue weighted by Gasteiger charge is 2.16. The fourth-order valence-corrected chi connectivity index (χ4v) is 1.84. The number of thiophene rings is 1. The van der Waals surface area contributed by atoms with Gasteiger partial charge in [0.1, 0.15) is 5.60 Å². The minimum Gasteiger partial charge on any atom is -0.444 e. The molecule has 0 aliphatic rings. The SMILES string of the molecule is CC(C)(C)OC(=O)Nc1cc(C=CC(N)=O)cs1. The van der Waals surface area contributed by atoms with Crippen LogP contribution in [-0.4, -0.2) is 17.6 Å². The van der Waals surface area contributed by atoms with Crippen molar-refractivity contribution in [3.05, 3.63) is 23.1 Å². The van der Waals surface area contributed by atoms with Crippen molar-refractivity contribution in [2.45, 2.75) is 26.4 Å². The molecule has 18 heavy (non-hydrogen) atoms. The number of amides is 2. The van der Waals surface area contributed by atoms with Crippen molar-refractivity contribution in [3.8, 4) is 0 Å². The van der Waals surface area contributed by atoms with Gasteiger partial charge in [-0.25, -0.2) is 4.79 Å². The van der Waals surface area contributed by atoms with Gasteiger partial charge in [0, 0.05) is 11.5 Å². The Morgan fingerprint density at radius 1 is 1.44 bits per heavy atom. The maximum Gasteiger partial charge on any atom is 0.412 e. The molecule has 3 N–H and O–H groups in total. The lowest BCUT2D eigenvalue weighted by atomic mass is 10.2. The van der Waals surface area contributed by atoms with E-state index in [1.807, 2.05) is 0 Å². The zero-order valence-electron chi connectivity index (χ0n) is 10.5. The van der Waals surface area contributed by atoms with Crippen LogP contribution in [0.4, 0.5) is 9.80 Å². The molecule has 0 aliphatic heterocycles. The lowest BCUT2D eigenvalue weighted by Gasteiger charge is -2.19. The summed E-state index contributed by atoms with van der Waals surface area (Å²) in [5.74, 6) is -0.511. The van der Waals surface area contributed by atoms with Crippen LogP contribution in [0.3, 0.4) is 0 Å². The molecule has 0 bridgehead atoms. The van der Waals surface area contributed by atoms with Gasteiger partial charge in [-0.3, -0.25) is 10.1 Å². The third-order valence-corrected chi connectivity index (χ3v) is 2.55. The number of primary amides is 1. The third kappa shape index (κ3) is 5.49. The van der Waals surface area contributed by atoms with E-state index in [0.29, 0.717) is 5.00 Å². The molecule has 0 saturated heterocycles. The molecule has 0 aliphatic carbocycles. The van der Waals surface area contributed by atoms with Gasteiger partial charge in [-0.1, -0.05) is 0 Å². The summed E-state index contributed by atoms with van der Waals surface area (Å²) in [6, 6.07) is 1.73. The summed E-state index contributed by atoms with van der Waals surface area (Å²) in [4.78, 5) is 22.0. The van der Waals surface area contributed by atoms with E-state index in [1.165, 1.54) is 17.4 Å². The molecule has 1 aromatic heterocycles. The standard InChI is InChI=1S/C12H16N2O3S/c1-12(2,3)17-11(16)14-10-6-8(7-18-10)4-5-9(13)15/h4-7H,1-3H3,(H2,13,15)(H,14,16). The number of ether oxygens (including phenoxy) is 1. The number of nitrogens with two attached hydrogens (primary N) is 1. The minimum absolute atomic E-state index is 0.505. The Kier molecular flexibility index (Phi) is 4.49. The molecule has 6 heteroatoms. The Morgan fingerprint density at radius 2 is 2.11 bits per heavy atom. The summed E-state index contributed by atoms with van der Waals surface area (Å²) in [6.07, 6.45) is 2.34. The topological polar surface area (TPSA) is 81.4 Å². The molecule has 5 nitrogen and oxygen atoms in total. The zero-order chi connectivity index (χ0) is 13.8. The highest BCUT2D eigenvalue weighted by atomic mass is 32.1. The van der Waals surface area contributed by atoms with Crippen molar-refractivity contribution in [2.75, 3.05) is 5.32 Å². The number of carbonyl (C=O) groups is 2. The minimum atomic E-state index is -0.532. The first kappa shape index (κ1) is 14.2. The maximum atomic E-state index is 11.5. The Morgan fingerprint density at radius 3 is 2.67 bits per heavy atom. The number of nitrogens with one attached hydrogen (secondary N) is 1.